The second kappa shape index (κ2) is 8.43. The van der Waals surface area contributed by atoms with Crippen molar-refractivity contribution in [3.05, 3.63) is 89.0 Å². The predicted molar refractivity (Wildman–Crippen MR) is 129 cm³/mol. The Balaban J connectivity index is 1.76. The van der Waals surface area contributed by atoms with Crippen molar-refractivity contribution in [1.82, 2.24) is 0 Å². The van der Waals surface area contributed by atoms with E-state index in [9.17, 15) is 13.2 Å². The molecule has 3 aromatic rings. The molecule has 1 heterocycles. The highest BCUT2D eigenvalue weighted by atomic mass is 32.2. The molecule has 0 spiro atoms. The first-order valence-electron chi connectivity index (χ1n) is 10.7. The van der Waals surface area contributed by atoms with Crippen LogP contribution in [0.2, 0.25) is 0 Å². The van der Waals surface area contributed by atoms with Crippen molar-refractivity contribution in [2.24, 2.45) is 0 Å². The van der Waals surface area contributed by atoms with Crippen LogP contribution in [0.15, 0.2) is 71.6 Å². The van der Waals surface area contributed by atoms with Gasteiger partial charge in [-0.2, -0.15) is 0 Å². The fourth-order valence-electron chi connectivity index (χ4n) is 4.39. The highest BCUT2D eigenvalue weighted by Gasteiger charge is 2.34. The van der Waals surface area contributed by atoms with Crippen LogP contribution < -0.4 is 9.21 Å². The third-order valence-corrected chi connectivity index (χ3v) is 7.65. The summed E-state index contributed by atoms with van der Waals surface area (Å²) in [7, 11) is -3.94. The molecule has 4 rings (SSSR count). The van der Waals surface area contributed by atoms with Crippen molar-refractivity contribution >= 4 is 27.3 Å². The van der Waals surface area contributed by atoms with E-state index in [1.165, 1.54) is 4.31 Å². The average Bonchev–Trinajstić information content (AvgIpc) is 3.07. The Kier molecular flexibility index (Phi) is 5.82. The van der Waals surface area contributed by atoms with E-state index in [0.717, 1.165) is 34.4 Å². The van der Waals surface area contributed by atoms with Gasteiger partial charge in [0.25, 0.3) is 10.0 Å². The van der Waals surface area contributed by atoms with Crippen molar-refractivity contribution in [1.29, 1.82) is 0 Å². The molecule has 32 heavy (non-hydrogen) atoms. The van der Waals surface area contributed by atoms with Crippen LogP contribution in [0.1, 0.15) is 29.2 Å². The molecular formula is C26H28N2O3S. The number of hydrogen-bond donors (Lipinski definition) is 0. The Labute approximate surface area is 190 Å². The number of carbonyl (C=O) groups is 1. The number of hydrogen-bond acceptors (Lipinski definition) is 3. The summed E-state index contributed by atoms with van der Waals surface area (Å²) in [5.41, 5.74) is 5.32. The number of aryl methyl sites for hydroxylation is 3. The van der Waals surface area contributed by atoms with E-state index in [1.54, 1.807) is 29.2 Å². The van der Waals surface area contributed by atoms with E-state index in [0.29, 0.717) is 5.69 Å². The monoisotopic (exact) mass is 448 g/mol. The summed E-state index contributed by atoms with van der Waals surface area (Å²) in [5.74, 6) is -0.239. The Hall–Kier alpha value is -3.12. The average molecular weight is 449 g/mol. The molecular weight excluding hydrogens is 420 g/mol. The number of fused-ring (bicyclic) bond motifs is 1. The summed E-state index contributed by atoms with van der Waals surface area (Å²) >= 11 is 0. The van der Waals surface area contributed by atoms with Crippen molar-refractivity contribution in [3.8, 4) is 0 Å². The van der Waals surface area contributed by atoms with Crippen molar-refractivity contribution in [2.75, 3.05) is 15.7 Å². The van der Waals surface area contributed by atoms with Crippen LogP contribution in [-0.4, -0.2) is 26.9 Å². The number of rotatable bonds is 5. The van der Waals surface area contributed by atoms with E-state index in [1.807, 2.05) is 70.2 Å². The minimum atomic E-state index is -3.94. The number of benzene rings is 3. The van der Waals surface area contributed by atoms with E-state index in [2.05, 4.69) is 0 Å². The summed E-state index contributed by atoms with van der Waals surface area (Å²) in [6, 6.07) is 20.1. The van der Waals surface area contributed by atoms with Crippen LogP contribution in [0, 0.1) is 20.8 Å². The summed E-state index contributed by atoms with van der Waals surface area (Å²) < 4.78 is 28.6. The number of carbonyl (C=O) groups excluding carboxylic acids is 1. The fourth-order valence-corrected chi connectivity index (χ4v) is 5.79. The van der Waals surface area contributed by atoms with Gasteiger partial charge in [-0.3, -0.25) is 9.10 Å². The van der Waals surface area contributed by atoms with Gasteiger partial charge in [0.05, 0.1) is 10.6 Å². The van der Waals surface area contributed by atoms with E-state index >= 15 is 0 Å². The molecule has 0 saturated heterocycles. The zero-order valence-electron chi connectivity index (χ0n) is 18.9. The molecule has 5 nitrogen and oxygen atoms in total. The summed E-state index contributed by atoms with van der Waals surface area (Å²) in [6.45, 7) is 7.49. The van der Waals surface area contributed by atoms with Gasteiger partial charge in [0.1, 0.15) is 6.54 Å². The van der Waals surface area contributed by atoms with Gasteiger partial charge >= 0.3 is 0 Å². The van der Waals surface area contributed by atoms with Crippen LogP contribution in [0.5, 0.6) is 0 Å². The Morgan fingerprint density at radius 3 is 2.22 bits per heavy atom. The van der Waals surface area contributed by atoms with Crippen LogP contribution in [0.3, 0.4) is 0 Å². The molecule has 0 aliphatic carbocycles. The lowest BCUT2D eigenvalue weighted by atomic mass is 10.1. The maximum absolute atomic E-state index is 13.7. The number of anilines is 2. The third kappa shape index (κ3) is 4.15. The molecule has 0 bridgehead atoms. The van der Waals surface area contributed by atoms with Gasteiger partial charge in [-0.25, -0.2) is 8.42 Å². The van der Waals surface area contributed by atoms with Crippen molar-refractivity contribution in [2.45, 2.75) is 45.1 Å². The Morgan fingerprint density at radius 1 is 0.938 bits per heavy atom. The fraction of sp³-hybridized carbons (Fsp3) is 0.269. The standard InChI is InChI=1S/C26H28N2O3S/c1-18-9-11-24(12-10-18)32(30,31)27(23-14-19(2)13-20(3)15-23)17-26(29)28-21(4)16-22-7-5-6-8-25(22)28/h5-15,21H,16-17H2,1-4H3/t21-/m0/s1. The van der Waals surface area contributed by atoms with Crippen molar-refractivity contribution in [3.63, 3.8) is 0 Å². The Bertz CT molecular complexity index is 1250. The minimum absolute atomic E-state index is 0.0249. The molecule has 6 heteroatoms. The molecule has 0 unspecified atom stereocenters. The first-order chi connectivity index (χ1) is 15.2. The van der Waals surface area contributed by atoms with Gasteiger partial charge in [-0.15, -0.1) is 0 Å². The summed E-state index contributed by atoms with van der Waals surface area (Å²) in [5, 5.41) is 0. The zero-order valence-corrected chi connectivity index (χ0v) is 19.7. The molecule has 1 aliphatic rings. The smallest absolute Gasteiger partial charge is 0.264 e. The van der Waals surface area contributed by atoms with Gasteiger partial charge in [0, 0.05) is 11.7 Å². The molecule has 166 valence electrons. The molecule has 0 N–H and O–H groups in total. The maximum Gasteiger partial charge on any atom is 0.264 e. The van der Waals surface area contributed by atoms with Gasteiger partial charge in [0.2, 0.25) is 5.91 Å². The number of sulfonamides is 1. The van der Waals surface area contributed by atoms with Gasteiger partial charge < -0.3 is 4.90 Å². The quantitative estimate of drug-likeness (QED) is 0.564. The maximum atomic E-state index is 13.7. The zero-order chi connectivity index (χ0) is 23.0. The summed E-state index contributed by atoms with van der Waals surface area (Å²) in [6.07, 6.45) is 0.760. The van der Waals surface area contributed by atoms with Gasteiger partial charge in [-0.1, -0.05) is 42.0 Å². The number of para-hydroxylation sites is 1. The second-order valence-corrected chi connectivity index (χ2v) is 10.5. The number of nitrogens with zero attached hydrogens (tertiary/aromatic N) is 2. The predicted octanol–water partition coefficient (Wildman–Crippen LogP) is 4.78. The molecule has 0 fully saturated rings. The lowest BCUT2D eigenvalue weighted by Crippen LogP contribution is -2.45. The van der Waals surface area contributed by atoms with Crippen LogP contribution >= 0.6 is 0 Å². The van der Waals surface area contributed by atoms with E-state index < -0.39 is 10.0 Å². The summed E-state index contributed by atoms with van der Waals surface area (Å²) in [4.78, 5) is 15.4. The van der Waals surface area contributed by atoms with E-state index in [4.69, 9.17) is 0 Å². The van der Waals surface area contributed by atoms with Crippen molar-refractivity contribution < 1.29 is 13.2 Å². The normalized spacial score (nSPS) is 15.5. The highest BCUT2D eigenvalue weighted by Crippen LogP contribution is 2.33. The topological polar surface area (TPSA) is 57.7 Å². The largest absolute Gasteiger partial charge is 0.307 e. The third-order valence-electron chi connectivity index (χ3n) is 5.86. The molecule has 3 aromatic carbocycles. The van der Waals surface area contributed by atoms with Crippen LogP contribution in [0.25, 0.3) is 0 Å². The highest BCUT2D eigenvalue weighted by molar-refractivity contribution is 7.92. The van der Waals surface area contributed by atoms with Gasteiger partial charge in [0.15, 0.2) is 0 Å². The SMILES string of the molecule is Cc1ccc(S(=O)(=O)N(CC(=O)N2c3ccccc3C[C@@H]2C)c2cc(C)cc(C)c2)cc1. The Morgan fingerprint density at radius 2 is 1.56 bits per heavy atom. The van der Waals surface area contributed by atoms with Gasteiger partial charge in [-0.05, 0) is 81.1 Å². The van der Waals surface area contributed by atoms with Crippen LogP contribution in [-0.2, 0) is 21.2 Å². The first-order valence-corrected chi connectivity index (χ1v) is 12.2. The minimum Gasteiger partial charge on any atom is -0.307 e. The molecule has 0 saturated carbocycles. The number of amides is 1. The van der Waals surface area contributed by atoms with Crippen LogP contribution in [0.4, 0.5) is 11.4 Å². The molecule has 0 radical (unpaired) electrons. The molecule has 1 aliphatic heterocycles. The lowest BCUT2D eigenvalue weighted by Gasteiger charge is -2.29. The molecule has 1 atom stereocenters. The van der Waals surface area contributed by atoms with E-state index in [-0.39, 0.29) is 23.4 Å². The first kappa shape index (κ1) is 22.1. The molecule has 1 amide bonds. The molecule has 0 aromatic heterocycles. The lowest BCUT2D eigenvalue weighted by molar-refractivity contribution is -0.117. The second-order valence-electron chi connectivity index (χ2n) is 8.62.